The van der Waals surface area contributed by atoms with Crippen molar-refractivity contribution in [3.05, 3.63) is 24.2 Å². The zero-order valence-corrected chi connectivity index (χ0v) is 12.6. The van der Waals surface area contributed by atoms with Gasteiger partial charge in [-0.15, -0.1) is 0 Å². The van der Waals surface area contributed by atoms with Gasteiger partial charge < -0.3 is 9.73 Å². The predicted octanol–water partition coefficient (Wildman–Crippen LogP) is 3.06. The van der Waals surface area contributed by atoms with Crippen LogP contribution in [0.1, 0.15) is 45.8 Å². The number of piperidine rings is 1. The first-order chi connectivity index (χ1) is 9.15. The number of aryl methyl sites for hydroxylation is 1. The molecule has 0 aromatic carbocycles. The third-order valence-corrected chi connectivity index (χ3v) is 4.03. The van der Waals surface area contributed by atoms with Gasteiger partial charge in [0, 0.05) is 31.1 Å². The molecule has 0 saturated carbocycles. The summed E-state index contributed by atoms with van der Waals surface area (Å²) in [4.78, 5) is 2.63. The first kappa shape index (κ1) is 14.6. The SMILES string of the molecule is CC(C)NC1CCCN(C(C)CCc2ccco2)C1. The van der Waals surface area contributed by atoms with Gasteiger partial charge >= 0.3 is 0 Å². The summed E-state index contributed by atoms with van der Waals surface area (Å²) >= 11 is 0. The molecule has 1 aromatic rings. The van der Waals surface area contributed by atoms with Crippen LogP contribution in [0.3, 0.4) is 0 Å². The van der Waals surface area contributed by atoms with Gasteiger partial charge in [-0.25, -0.2) is 0 Å². The van der Waals surface area contributed by atoms with Crippen LogP contribution in [0.4, 0.5) is 0 Å². The van der Waals surface area contributed by atoms with Gasteiger partial charge in [0.25, 0.3) is 0 Å². The van der Waals surface area contributed by atoms with Gasteiger partial charge in [-0.1, -0.05) is 13.8 Å². The number of rotatable bonds is 6. The Hall–Kier alpha value is -0.800. The summed E-state index contributed by atoms with van der Waals surface area (Å²) in [6.07, 6.45) is 6.63. The van der Waals surface area contributed by atoms with Gasteiger partial charge in [0.15, 0.2) is 0 Å². The van der Waals surface area contributed by atoms with Gasteiger partial charge in [0.05, 0.1) is 6.26 Å². The molecule has 1 N–H and O–H groups in total. The molecule has 1 aromatic heterocycles. The van der Waals surface area contributed by atoms with Crippen molar-refractivity contribution in [1.82, 2.24) is 10.2 Å². The van der Waals surface area contributed by atoms with Crippen LogP contribution in [0.15, 0.2) is 22.8 Å². The van der Waals surface area contributed by atoms with Crippen LogP contribution < -0.4 is 5.32 Å². The Labute approximate surface area is 117 Å². The first-order valence-electron chi connectivity index (χ1n) is 7.67. The Morgan fingerprint density at radius 3 is 2.95 bits per heavy atom. The molecular formula is C16H28N2O. The molecule has 2 unspecified atom stereocenters. The smallest absolute Gasteiger partial charge is 0.103 e. The molecule has 2 heterocycles. The second kappa shape index (κ2) is 7.11. The third kappa shape index (κ3) is 4.66. The maximum absolute atomic E-state index is 5.41. The van der Waals surface area contributed by atoms with Crippen LogP contribution in [-0.4, -0.2) is 36.1 Å². The number of likely N-dealkylation sites (tertiary alicyclic amines) is 1. The summed E-state index contributed by atoms with van der Waals surface area (Å²) in [5.41, 5.74) is 0. The molecular weight excluding hydrogens is 236 g/mol. The van der Waals surface area contributed by atoms with Crippen molar-refractivity contribution in [3.63, 3.8) is 0 Å². The van der Waals surface area contributed by atoms with Gasteiger partial charge in [0.1, 0.15) is 5.76 Å². The van der Waals surface area contributed by atoms with E-state index < -0.39 is 0 Å². The first-order valence-corrected chi connectivity index (χ1v) is 7.67. The lowest BCUT2D eigenvalue weighted by Crippen LogP contribution is -2.50. The van der Waals surface area contributed by atoms with E-state index in [4.69, 9.17) is 4.42 Å². The van der Waals surface area contributed by atoms with E-state index in [1.54, 1.807) is 6.26 Å². The summed E-state index contributed by atoms with van der Waals surface area (Å²) in [7, 11) is 0. The number of furan rings is 1. The lowest BCUT2D eigenvalue weighted by atomic mass is 10.0. The van der Waals surface area contributed by atoms with Crippen molar-refractivity contribution in [2.75, 3.05) is 13.1 Å². The molecule has 108 valence electrons. The zero-order chi connectivity index (χ0) is 13.7. The minimum Gasteiger partial charge on any atom is -0.469 e. The highest BCUT2D eigenvalue weighted by Crippen LogP contribution is 2.17. The van der Waals surface area contributed by atoms with Crippen molar-refractivity contribution in [3.8, 4) is 0 Å². The fourth-order valence-corrected chi connectivity index (χ4v) is 3.00. The van der Waals surface area contributed by atoms with E-state index in [2.05, 4.69) is 37.1 Å². The van der Waals surface area contributed by atoms with E-state index in [1.807, 2.05) is 6.07 Å². The van der Waals surface area contributed by atoms with Crippen molar-refractivity contribution in [2.45, 2.75) is 64.6 Å². The second-order valence-corrected chi connectivity index (χ2v) is 6.12. The molecule has 0 radical (unpaired) electrons. The van der Waals surface area contributed by atoms with E-state index in [0.717, 1.165) is 12.2 Å². The van der Waals surface area contributed by atoms with E-state index in [9.17, 15) is 0 Å². The maximum atomic E-state index is 5.41. The minimum atomic E-state index is 0.586. The highest BCUT2D eigenvalue weighted by molar-refractivity contribution is 4.98. The Morgan fingerprint density at radius 2 is 2.26 bits per heavy atom. The van der Waals surface area contributed by atoms with Crippen molar-refractivity contribution < 1.29 is 4.42 Å². The monoisotopic (exact) mass is 264 g/mol. The Morgan fingerprint density at radius 1 is 1.42 bits per heavy atom. The van der Waals surface area contributed by atoms with Crippen molar-refractivity contribution >= 4 is 0 Å². The number of nitrogens with one attached hydrogen (secondary N) is 1. The van der Waals surface area contributed by atoms with E-state index in [-0.39, 0.29) is 0 Å². The summed E-state index contributed by atoms with van der Waals surface area (Å²) in [5.74, 6) is 1.11. The summed E-state index contributed by atoms with van der Waals surface area (Å²) in [6, 6.07) is 5.94. The van der Waals surface area contributed by atoms with Crippen molar-refractivity contribution in [2.24, 2.45) is 0 Å². The Bertz CT molecular complexity index is 348. The van der Waals surface area contributed by atoms with E-state index in [1.165, 1.54) is 32.4 Å². The summed E-state index contributed by atoms with van der Waals surface area (Å²) in [5, 5.41) is 3.68. The standard InChI is InChI=1S/C16H28N2O/c1-13(2)17-15-6-4-10-18(12-15)14(3)8-9-16-7-5-11-19-16/h5,7,11,13-15,17H,4,6,8-10,12H2,1-3H3. The molecule has 2 rings (SSSR count). The molecule has 1 aliphatic rings. The topological polar surface area (TPSA) is 28.4 Å². The molecule has 0 amide bonds. The maximum Gasteiger partial charge on any atom is 0.103 e. The minimum absolute atomic E-state index is 0.586. The van der Waals surface area contributed by atoms with Crippen LogP contribution >= 0.6 is 0 Å². The average molecular weight is 264 g/mol. The second-order valence-electron chi connectivity index (χ2n) is 6.12. The third-order valence-electron chi connectivity index (χ3n) is 4.03. The lowest BCUT2D eigenvalue weighted by molar-refractivity contribution is 0.135. The Kier molecular flexibility index (Phi) is 5.46. The van der Waals surface area contributed by atoms with Crippen LogP contribution in [0.2, 0.25) is 0 Å². The van der Waals surface area contributed by atoms with Gasteiger partial charge in [0.2, 0.25) is 0 Å². The molecule has 1 fully saturated rings. The van der Waals surface area contributed by atoms with Crippen LogP contribution in [0.5, 0.6) is 0 Å². The van der Waals surface area contributed by atoms with Crippen LogP contribution in [-0.2, 0) is 6.42 Å². The highest BCUT2D eigenvalue weighted by Gasteiger charge is 2.23. The molecule has 3 heteroatoms. The average Bonchev–Trinajstić information content (AvgIpc) is 2.88. The number of hydrogen-bond donors (Lipinski definition) is 1. The van der Waals surface area contributed by atoms with E-state index in [0.29, 0.717) is 18.1 Å². The van der Waals surface area contributed by atoms with Crippen LogP contribution in [0.25, 0.3) is 0 Å². The fraction of sp³-hybridized carbons (Fsp3) is 0.750. The molecule has 0 aliphatic carbocycles. The summed E-state index contributed by atoms with van der Waals surface area (Å²) < 4.78 is 5.41. The quantitative estimate of drug-likeness (QED) is 0.856. The van der Waals surface area contributed by atoms with E-state index >= 15 is 0 Å². The molecule has 1 aliphatic heterocycles. The predicted molar refractivity (Wildman–Crippen MR) is 79.4 cm³/mol. The molecule has 1 saturated heterocycles. The van der Waals surface area contributed by atoms with Crippen LogP contribution in [0, 0.1) is 0 Å². The van der Waals surface area contributed by atoms with Gasteiger partial charge in [-0.2, -0.15) is 0 Å². The number of hydrogen-bond acceptors (Lipinski definition) is 3. The highest BCUT2D eigenvalue weighted by atomic mass is 16.3. The normalized spacial score (nSPS) is 22.8. The molecule has 2 atom stereocenters. The molecule has 3 nitrogen and oxygen atoms in total. The molecule has 0 spiro atoms. The molecule has 19 heavy (non-hydrogen) atoms. The zero-order valence-electron chi connectivity index (χ0n) is 12.6. The number of nitrogens with zero attached hydrogens (tertiary/aromatic N) is 1. The molecule has 0 bridgehead atoms. The van der Waals surface area contributed by atoms with Crippen molar-refractivity contribution in [1.29, 1.82) is 0 Å². The van der Waals surface area contributed by atoms with Gasteiger partial charge in [-0.05, 0) is 44.9 Å². The lowest BCUT2D eigenvalue weighted by Gasteiger charge is -2.38. The largest absolute Gasteiger partial charge is 0.469 e. The Balaban J connectivity index is 1.76. The fourth-order valence-electron chi connectivity index (χ4n) is 3.00. The van der Waals surface area contributed by atoms with Gasteiger partial charge in [-0.3, -0.25) is 4.90 Å². The summed E-state index contributed by atoms with van der Waals surface area (Å²) in [6.45, 7) is 9.26.